The Morgan fingerprint density at radius 2 is 2.33 bits per heavy atom. The van der Waals surface area contributed by atoms with Crippen LogP contribution in [0, 0.1) is 12.7 Å². The van der Waals surface area contributed by atoms with Crippen LogP contribution in [-0.4, -0.2) is 24.8 Å². The molecule has 1 fully saturated rings. The van der Waals surface area contributed by atoms with Gasteiger partial charge in [-0.25, -0.2) is 4.39 Å². The Labute approximate surface area is 87.9 Å². The van der Waals surface area contributed by atoms with Crippen LogP contribution in [0.25, 0.3) is 0 Å². The normalized spacial score (nSPS) is 21.6. The second-order valence-electron chi connectivity index (χ2n) is 3.72. The number of nitrogens with one attached hydrogen (secondary N) is 1. The number of phenols is 1. The molecule has 4 heteroatoms. The predicted molar refractivity (Wildman–Crippen MR) is 54.4 cm³/mol. The van der Waals surface area contributed by atoms with Crippen LogP contribution in [0.2, 0.25) is 0 Å². The van der Waals surface area contributed by atoms with E-state index < -0.39 is 0 Å². The summed E-state index contributed by atoms with van der Waals surface area (Å²) in [5.74, 6) is -0.209. The molecule has 0 amide bonds. The molecule has 1 unspecified atom stereocenters. The number of aromatic hydroxyl groups is 1. The number of benzene rings is 1. The second kappa shape index (κ2) is 4.16. The van der Waals surface area contributed by atoms with Gasteiger partial charge in [0.25, 0.3) is 0 Å². The lowest BCUT2D eigenvalue weighted by Crippen LogP contribution is -2.33. The first-order valence-corrected chi connectivity index (χ1v) is 5.00. The van der Waals surface area contributed by atoms with Crippen LogP contribution in [0.3, 0.4) is 0 Å². The number of phenolic OH excluding ortho intramolecular Hbond substituents is 1. The maximum atomic E-state index is 13.3. The van der Waals surface area contributed by atoms with Crippen molar-refractivity contribution in [1.29, 1.82) is 0 Å². The van der Waals surface area contributed by atoms with Gasteiger partial charge in [-0.3, -0.25) is 0 Å². The van der Waals surface area contributed by atoms with Crippen LogP contribution in [-0.2, 0) is 4.74 Å². The number of halogens is 1. The minimum absolute atomic E-state index is 0.0996. The maximum Gasteiger partial charge on any atom is 0.126 e. The van der Waals surface area contributed by atoms with Crippen LogP contribution in [0.4, 0.5) is 4.39 Å². The highest BCUT2D eigenvalue weighted by molar-refractivity contribution is 5.38. The number of hydrogen-bond acceptors (Lipinski definition) is 3. The average molecular weight is 211 g/mol. The predicted octanol–water partition coefficient (Wildman–Crippen LogP) is 1.50. The zero-order chi connectivity index (χ0) is 10.8. The Morgan fingerprint density at radius 3 is 3.00 bits per heavy atom. The van der Waals surface area contributed by atoms with Gasteiger partial charge >= 0.3 is 0 Å². The van der Waals surface area contributed by atoms with Crippen molar-refractivity contribution in [2.24, 2.45) is 0 Å². The van der Waals surface area contributed by atoms with Gasteiger partial charge in [0.05, 0.1) is 12.7 Å². The van der Waals surface area contributed by atoms with E-state index in [-0.39, 0.29) is 17.7 Å². The van der Waals surface area contributed by atoms with Crippen molar-refractivity contribution in [3.63, 3.8) is 0 Å². The molecule has 1 aromatic carbocycles. The van der Waals surface area contributed by atoms with E-state index in [0.29, 0.717) is 24.3 Å². The number of rotatable bonds is 1. The molecule has 0 aliphatic carbocycles. The first-order chi connectivity index (χ1) is 7.18. The molecule has 0 saturated carbocycles. The summed E-state index contributed by atoms with van der Waals surface area (Å²) in [6.07, 6.45) is -0.256. The van der Waals surface area contributed by atoms with E-state index in [9.17, 15) is 9.50 Å². The van der Waals surface area contributed by atoms with Crippen LogP contribution in [0.1, 0.15) is 17.2 Å². The van der Waals surface area contributed by atoms with Gasteiger partial charge in [-0.05, 0) is 24.6 Å². The first-order valence-electron chi connectivity index (χ1n) is 5.00. The fourth-order valence-electron chi connectivity index (χ4n) is 1.70. The standard InChI is InChI=1S/C11H14FNO2/c1-7-4-10(14)8(5-9(7)12)11-6-13-2-3-15-11/h4-5,11,13-14H,2-3,6H2,1H3. The number of hydrogen-bond donors (Lipinski definition) is 2. The van der Waals surface area contributed by atoms with E-state index in [1.165, 1.54) is 12.1 Å². The molecule has 0 spiro atoms. The Balaban J connectivity index is 2.30. The SMILES string of the molecule is Cc1cc(O)c(C2CNCCO2)cc1F. The van der Waals surface area contributed by atoms with E-state index in [4.69, 9.17) is 4.74 Å². The lowest BCUT2D eigenvalue weighted by Gasteiger charge is -2.24. The summed E-state index contributed by atoms with van der Waals surface area (Å²) in [6.45, 7) is 3.61. The molecule has 3 nitrogen and oxygen atoms in total. The molecule has 1 aliphatic rings. The summed E-state index contributed by atoms with van der Waals surface area (Å²) >= 11 is 0. The molecule has 1 aromatic rings. The highest BCUT2D eigenvalue weighted by Gasteiger charge is 2.20. The number of morpholine rings is 1. The van der Waals surface area contributed by atoms with Crippen molar-refractivity contribution in [2.75, 3.05) is 19.7 Å². The van der Waals surface area contributed by atoms with Crippen LogP contribution < -0.4 is 5.32 Å². The fourth-order valence-corrected chi connectivity index (χ4v) is 1.70. The monoisotopic (exact) mass is 211 g/mol. The molecule has 1 heterocycles. The second-order valence-corrected chi connectivity index (χ2v) is 3.72. The third-order valence-corrected chi connectivity index (χ3v) is 2.58. The van der Waals surface area contributed by atoms with Gasteiger partial charge in [0.15, 0.2) is 0 Å². The summed E-state index contributed by atoms with van der Waals surface area (Å²) < 4.78 is 18.8. The molecule has 1 saturated heterocycles. The van der Waals surface area contributed by atoms with Gasteiger partial charge < -0.3 is 15.2 Å². The van der Waals surface area contributed by atoms with Crippen molar-refractivity contribution in [3.8, 4) is 5.75 Å². The van der Waals surface area contributed by atoms with Gasteiger partial charge in [0, 0.05) is 18.7 Å². The van der Waals surface area contributed by atoms with Gasteiger partial charge in [-0.1, -0.05) is 0 Å². The Hall–Kier alpha value is -1.13. The van der Waals surface area contributed by atoms with E-state index in [2.05, 4.69) is 5.32 Å². The van der Waals surface area contributed by atoms with E-state index >= 15 is 0 Å². The average Bonchev–Trinajstić information content (AvgIpc) is 2.25. The van der Waals surface area contributed by atoms with Gasteiger partial charge in [-0.2, -0.15) is 0 Å². The van der Waals surface area contributed by atoms with E-state index in [0.717, 1.165) is 6.54 Å². The number of ether oxygens (including phenoxy) is 1. The summed E-state index contributed by atoms with van der Waals surface area (Å²) in [5, 5.41) is 12.8. The van der Waals surface area contributed by atoms with Gasteiger partial charge in [0.1, 0.15) is 11.6 Å². The lowest BCUT2D eigenvalue weighted by molar-refractivity contribution is 0.0261. The molecule has 0 bridgehead atoms. The van der Waals surface area contributed by atoms with Crippen molar-refractivity contribution in [3.05, 3.63) is 29.1 Å². The largest absolute Gasteiger partial charge is 0.508 e. The minimum Gasteiger partial charge on any atom is -0.508 e. The minimum atomic E-state index is -0.308. The highest BCUT2D eigenvalue weighted by atomic mass is 19.1. The van der Waals surface area contributed by atoms with Gasteiger partial charge in [0.2, 0.25) is 0 Å². The zero-order valence-electron chi connectivity index (χ0n) is 8.59. The van der Waals surface area contributed by atoms with Crippen LogP contribution >= 0.6 is 0 Å². The number of aryl methyl sites for hydroxylation is 1. The van der Waals surface area contributed by atoms with E-state index in [1.54, 1.807) is 6.92 Å². The van der Waals surface area contributed by atoms with Crippen molar-refractivity contribution >= 4 is 0 Å². The van der Waals surface area contributed by atoms with Crippen molar-refractivity contribution < 1.29 is 14.2 Å². The van der Waals surface area contributed by atoms with Crippen molar-refractivity contribution in [1.82, 2.24) is 5.32 Å². The highest BCUT2D eigenvalue weighted by Crippen LogP contribution is 2.29. The molecule has 2 rings (SSSR count). The topological polar surface area (TPSA) is 41.5 Å². The lowest BCUT2D eigenvalue weighted by atomic mass is 10.0. The molecular formula is C11H14FNO2. The van der Waals surface area contributed by atoms with Crippen LogP contribution in [0.5, 0.6) is 5.75 Å². The maximum absolute atomic E-state index is 13.3. The molecule has 1 atom stereocenters. The molecule has 2 N–H and O–H groups in total. The molecule has 0 aromatic heterocycles. The Kier molecular flexibility index (Phi) is 2.88. The summed E-state index contributed by atoms with van der Waals surface area (Å²) in [6, 6.07) is 2.78. The fraction of sp³-hybridized carbons (Fsp3) is 0.455. The van der Waals surface area contributed by atoms with Gasteiger partial charge in [-0.15, -0.1) is 0 Å². The van der Waals surface area contributed by atoms with E-state index in [1.807, 2.05) is 0 Å². The van der Waals surface area contributed by atoms with Crippen LogP contribution in [0.15, 0.2) is 12.1 Å². The molecule has 15 heavy (non-hydrogen) atoms. The summed E-state index contributed by atoms with van der Waals surface area (Å²) in [5.41, 5.74) is 0.963. The molecule has 82 valence electrons. The smallest absolute Gasteiger partial charge is 0.126 e. The molecule has 0 radical (unpaired) electrons. The quantitative estimate of drug-likeness (QED) is 0.739. The third kappa shape index (κ3) is 2.11. The first kappa shape index (κ1) is 10.4. The zero-order valence-corrected chi connectivity index (χ0v) is 8.59. The van der Waals surface area contributed by atoms with Crippen molar-refractivity contribution in [2.45, 2.75) is 13.0 Å². The Bertz CT molecular complexity index is 362. The third-order valence-electron chi connectivity index (χ3n) is 2.58. The molecular weight excluding hydrogens is 197 g/mol. The summed E-state index contributed by atoms with van der Waals surface area (Å²) in [7, 11) is 0. The Morgan fingerprint density at radius 1 is 1.53 bits per heavy atom. The summed E-state index contributed by atoms with van der Waals surface area (Å²) in [4.78, 5) is 0. The molecule has 1 aliphatic heterocycles.